The minimum absolute atomic E-state index is 0.127. The first-order chi connectivity index (χ1) is 14.1. The zero-order valence-electron chi connectivity index (χ0n) is 16.9. The van der Waals surface area contributed by atoms with Gasteiger partial charge in [-0.3, -0.25) is 9.69 Å². The second-order valence-corrected chi connectivity index (χ2v) is 8.14. The standard InChI is InChI=1S/C21H26N6OS/c1-3-16-11-19(28)25-21(24-16)15-5-6-18(22-12-15)27-9-7-26(8-10-27)13-17-14-29-20(4-2)23-17/h5-6,11-12,14H,3-4,7-10,13H2,1-2H3,(H,24,25,28). The molecular weight excluding hydrogens is 384 g/mol. The van der Waals surface area contributed by atoms with E-state index in [1.54, 1.807) is 23.6 Å². The van der Waals surface area contributed by atoms with Crippen LogP contribution in [0.3, 0.4) is 0 Å². The van der Waals surface area contributed by atoms with Gasteiger partial charge in [0, 0.05) is 61.6 Å². The Morgan fingerprint density at radius 2 is 1.90 bits per heavy atom. The first-order valence-electron chi connectivity index (χ1n) is 10.1. The maximum Gasteiger partial charge on any atom is 0.251 e. The molecule has 8 heteroatoms. The van der Waals surface area contributed by atoms with E-state index in [-0.39, 0.29) is 5.56 Å². The molecule has 0 unspecified atom stereocenters. The number of hydrogen-bond donors (Lipinski definition) is 1. The van der Waals surface area contributed by atoms with Gasteiger partial charge in [0.15, 0.2) is 0 Å². The van der Waals surface area contributed by atoms with Crippen LogP contribution in [0.15, 0.2) is 34.6 Å². The summed E-state index contributed by atoms with van der Waals surface area (Å²) in [6.07, 6.45) is 3.53. The normalized spacial score (nSPS) is 15.0. The van der Waals surface area contributed by atoms with E-state index in [1.807, 2.05) is 19.1 Å². The number of piperazine rings is 1. The summed E-state index contributed by atoms with van der Waals surface area (Å²) in [4.78, 5) is 33.2. The van der Waals surface area contributed by atoms with E-state index >= 15 is 0 Å². The molecule has 1 fully saturated rings. The molecule has 3 aromatic heterocycles. The summed E-state index contributed by atoms with van der Waals surface area (Å²) in [6.45, 7) is 8.93. The molecule has 0 amide bonds. The van der Waals surface area contributed by atoms with Crippen molar-refractivity contribution in [1.29, 1.82) is 0 Å². The van der Waals surface area contributed by atoms with Crippen molar-refractivity contribution in [3.8, 4) is 11.4 Å². The average molecular weight is 411 g/mol. The number of anilines is 1. The molecule has 4 heterocycles. The number of hydrogen-bond acceptors (Lipinski definition) is 7. The summed E-state index contributed by atoms with van der Waals surface area (Å²) in [6, 6.07) is 5.53. The second-order valence-electron chi connectivity index (χ2n) is 7.19. The molecule has 1 saturated heterocycles. The van der Waals surface area contributed by atoms with Gasteiger partial charge in [0.1, 0.15) is 11.6 Å². The van der Waals surface area contributed by atoms with Crippen LogP contribution in [-0.4, -0.2) is 51.0 Å². The molecule has 0 aromatic carbocycles. The first kappa shape index (κ1) is 19.7. The maximum atomic E-state index is 11.8. The predicted molar refractivity (Wildman–Crippen MR) is 116 cm³/mol. The number of aryl methyl sites for hydroxylation is 2. The molecule has 0 atom stereocenters. The smallest absolute Gasteiger partial charge is 0.251 e. The third kappa shape index (κ3) is 4.71. The fourth-order valence-corrected chi connectivity index (χ4v) is 4.22. The predicted octanol–water partition coefficient (Wildman–Crippen LogP) is 2.74. The molecule has 1 N–H and O–H groups in total. The van der Waals surface area contributed by atoms with Crippen molar-refractivity contribution in [3.63, 3.8) is 0 Å². The molecule has 0 saturated carbocycles. The first-order valence-corrected chi connectivity index (χ1v) is 11.0. The highest BCUT2D eigenvalue weighted by Gasteiger charge is 2.19. The van der Waals surface area contributed by atoms with Gasteiger partial charge >= 0.3 is 0 Å². The highest BCUT2D eigenvalue weighted by atomic mass is 32.1. The molecule has 0 bridgehead atoms. The number of nitrogens with one attached hydrogen (secondary N) is 1. The molecule has 7 nitrogen and oxygen atoms in total. The van der Waals surface area contributed by atoms with Gasteiger partial charge in [-0.25, -0.2) is 15.0 Å². The van der Waals surface area contributed by atoms with Crippen LogP contribution < -0.4 is 10.5 Å². The Bertz CT molecular complexity index is 1000. The summed E-state index contributed by atoms with van der Waals surface area (Å²) in [7, 11) is 0. The van der Waals surface area contributed by atoms with Crippen LogP contribution in [0.5, 0.6) is 0 Å². The lowest BCUT2D eigenvalue weighted by Gasteiger charge is -2.35. The molecule has 3 aromatic rings. The van der Waals surface area contributed by atoms with Gasteiger partial charge in [-0.2, -0.15) is 0 Å². The number of thiazole rings is 1. The minimum atomic E-state index is -0.127. The molecule has 152 valence electrons. The number of rotatable bonds is 6. The molecule has 1 aliphatic heterocycles. The highest BCUT2D eigenvalue weighted by molar-refractivity contribution is 7.09. The van der Waals surface area contributed by atoms with Crippen LogP contribution in [0.4, 0.5) is 5.82 Å². The number of aromatic amines is 1. The van der Waals surface area contributed by atoms with Gasteiger partial charge < -0.3 is 9.88 Å². The second kappa shape index (κ2) is 8.84. The molecule has 1 aliphatic rings. The van der Waals surface area contributed by atoms with Crippen LogP contribution in [0.2, 0.25) is 0 Å². The fourth-order valence-electron chi connectivity index (χ4n) is 3.49. The summed E-state index contributed by atoms with van der Waals surface area (Å²) in [5, 5.41) is 3.39. The van der Waals surface area contributed by atoms with Crippen molar-refractivity contribution < 1.29 is 0 Å². The third-order valence-corrected chi connectivity index (χ3v) is 6.20. The molecule has 4 rings (SSSR count). The van der Waals surface area contributed by atoms with E-state index in [1.165, 1.54) is 10.7 Å². The van der Waals surface area contributed by atoms with Crippen LogP contribution in [0.25, 0.3) is 11.4 Å². The summed E-state index contributed by atoms with van der Waals surface area (Å²) in [5.74, 6) is 1.54. The van der Waals surface area contributed by atoms with Crippen LogP contribution in [-0.2, 0) is 19.4 Å². The van der Waals surface area contributed by atoms with Crippen LogP contribution >= 0.6 is 11.3 Å². The Morgan fingerprint density at radius 1 is 1.07 bits per heavy atom. The van der Waals surface area contributed by atoms with E-state index in [0.29, 0.717) is 5.82 Å². The third-order valence-electron chi connectivity index (χ3n) is 5.16. The zero-order valence-corrected chi connectivity index (χ0v) is 17.7. The van der Waals surface area contributed by atoms with Crippen LogP contribution in [0.1, 0.15) is 30.2 Å². The Morgan fingerprint density at radius 3 is 2.55 bits per heavy atom. The van der Waals surface area contributed by atoms with Crippen LogP contribution in [0, 0.1) is 0 Å². The van der Waals surface area contributed by atoms with Gasteiger partial charge in [-0.05, 0) is 25.0 Å². The summed E-state index contributed by atoms with van der Waals surface area (Å²) >= 11 is 1.75. The number of pyridine rings is 1. The Labute approximate surface area is 174 Å². The SMILES string of the molecule is CCc1cc(=O)[nH]c(-c2ccc(N3CCN(Cc4csc(CC)n4)CC3)nc2)n1. The van der Waals surface area contributed by atoms with E-state index < -0.39 is 0 Å². The summed E-state index contributed by atoms with van der Waals surface area (Å²) < 4.78 is 0. The number of H-pyrrole nitrogens is 1. The lowest BCUT2D eigenvalue weighted by Crippen LogP contribution is -2.46. The van der Waals surface area contributed by atoms with Crippen molar-refractivity contribution >= 4 is 17.2 Å². The lowest BCUT2D eigenvalue weighted by atomic mass is 10.2. The van der Waals surface area contributed by atoms with E-state index in [2.05, 4.69) is 42.0 Å². The van der Waals surface area contributed by atoms with E-state index in [4.69, 9.17) is 0 Å². The molecular formula is C21H26N6OS. The Hall–Kier alpha value is -2.58. The number of nitrogens with zero attached hydrogens (tertiary/aromatic N) is 5. The van der Waals surface area contributed by atoms with E-state index in [0.717, 1.165) is 62.6 Å². The van der Waals surface area contributed by atoms with Gasteiger partial charge in [-0.1, -0.05) is 13.8 Å². The Balaban J connectivity index is 1.38. The van der Waals surface area contributed by atoms with Gasteiger partial charge in [-0.15, -0.1) is 11.3 Å². The van der Waals surface area contributed by atoms with Gasteiger partial charge in [0.25, 0.3) is 5.56 Å². The highest BCUT2D eigenvalue weighted by Crippen LogP contribution is 2.20. The van der Waals surface area contributed by atoms with Crippen molar-refractivity contribution in [3.05, 3.63) is 56.5 Å². The van der Waals surface area contributed by atoms with Crippen molar-refractivity contribution in [2.24, 2.45) is 0 Å². The lowest BCUT2D eigenvalue weighted by molar-refractivity contribution is 0.247. The van der Waals surface area contributed by atoms with Crippen molar-refractivity contribution in [1.82, 2.24) is 24.8 Å². The molecule has 0 radical (unpaired) electrons. The number of aromatic nitrogens is 4. The fraction of sp³-hybridized carbons (Fsp3) is 0.429. The topological polar surface area (TPSA) is 78.0 Å². The quantitative estimate of drug-likeness (QED) is 0.673. The minimum Gasteiger partial charge on any atom is -0.354 e. The molecule has 0 aliphatic carbocycles. The zero-order chi connectivity index (χ0) is 20.2. The van der Waals surface area contributed by atoms with E-state index in [9.17, 15) is 4.79 Å². The van der Waals surface area contributed by atoms with Crippen molar-refractivity contribution in [2.75, 3.05) is 31.1 Å². The monoisotopic (exact) mass is 410 g/mol. The maximum absolute atomic E-state index is 11.8. The van der Waals surface area contributed by atoms with Gasteiger partial charge in [0.05, 0.1) is 10.7 Å². The molecule has 0 spiro atoms. The molecule has 29 heavy (non-hydrogen) atoms. The van der Waals surface area contributed by atoms with Gasteiger partial charge in [0.2, 0.25) is 0 Å². The summed E-state index contributed by atoms with van der Waals surface area (Å²) in [5.41, 5.74) is 2.67. The average Bonchev–Trinajstić information content (AvgIpc) is 3.21. The largest absolute Gasteiger partial charge is 0.354 e. The Kier molecular flexibility index (Phi) is 6.01. The van der Waals surface area contributed by atoms with Crippen molar-refractivity contribution in [2.45, 2.75) is 33.2 Å².